The zero-order valence-corrected chi connectivity index (χ0v) is 13.1. The number of carbonyl (C=O) groups excluding carboxylic acids is 1. The Hall–Kier alpha value is -3.22. The maximum atomic E-state index is 12.2. The predicted molar refractivity (Wildman–Crippen MR) is 88.2 cm³/mol. The van der Waals surface area contributed by atoms with Gasteiger partial charge in [0.25, 0.3) is 5.91 Å². The highest BCUT2D eigenvalue weighted by Gasteiger charge is 2.13. The molecule has 7 heteroatoms. The fourth-order valence-electron chi connectivity index (χ4n) is 2.32. The van der Waals surface area contributed by atoms with Gasteiger partial charge in [-0.05, 0) is 48.7 Å². The molecule has 0 spiro atoms. The van der Waals surface area contributed by atoms with E-state index in [0.717, 1.165) is 5.56 Å². The molecule has 3 rings (SSSR count). The summed E-state index contributed by atoms with van der Waals surface area (Å²) in [5, 5.41) is 3.51. The van der Waals surface area contributed by atoms with Gasteiger partial charge in [0.1, 0.15) is 5.75 Å². The summed E-state index contributed by atoms with van der Waals surface area (Å²) >= 11 is 0. The number of nitrogens with one attached hydrogen (secondary N) is 1. The second-order valence-electron chi connectivity index (χ2n) is 5.35. The van der Waals surface area contributed by atoms with E-state index in [1.54, 1.807) is 12.1 Å². The van der Waals surface area contributed by atoms with Crippen molar-refractivity contribution in [3.05, 3.63) is 70.3 Å². The summed E-state index contributed by atoms with van der Waals surface area (Å²) in [5.74, 6) is -0.794. The van der Waals surface area contributed by atoms with Crippen LogP contribution in [0, 0.1) is 6.92 Å². The molecule has 0 unspecified atom stereocenters. The second-order valence-corrected chi connectivity index (χ2v) is 5.35. The van der Waals surface area contributed by atoms with Gasteiger partial charge in [0.15, 0.2) is 5.76 Å². The lowest BCUT2D eigenvalue weighted by Gasteiger charge is -2.07. The first kappa shape index (κ1) is 16.6. The van der Waals surface area contributed by atoms with Gasteiger partial charge in [-0.1, -0.05) is 17.7 Å². The number of aryl methyl sites for hydroxylation is 1. The fourth-order valence-corrected chi connectivity index (χ4v) is 2.32. The van der Waals surface area contributed by atoms with E-state index in [0.29, 0.717) is 16.5 Å². The molecule has 2 aromatic carbocycles. The third-order valence-corrected chi connectivity index (χ3v) is 3.48. The van der Waals surface area contributed by atoms with Crippen molar-refractivity contribution in [3.63, 3.8) is 0 Å². The summed E-state index contributed by atoms with van der Waals surface area (Å²) in [7, 11) is 0. The van der Waals surface area contributed by atoms with Gasteiger partial charge in [-0.3, -0.25) is 4.79 Å². The van der Waals surface area contributed by atoms with E-state index < -0.39 is 18.1 Å². The highest BCUT2D eigenvalue weighted by molar-refractivity contribution is 6.03. The Labute approximate surface area is 140 Å². The molecule has 0 aliphatic heterocycles. The van der Waals surface area contributed by atoms with E-state index >= 15 is 0 Å². The van der Waals surface area contributed by atoms with Crippen LogP contribution in [0.4, 0.5) is 14.5 Å². The standard InChI is InChI=1S/C18H13F2NO4/c1-10-2-3-11-9-15(25-17(23)14(11)8-10)16(22)21-12-4-6-13(7-5-12)24-18(19)20/h2-9,18H,1H3,(H,21,22). The van der Waals surface area contributed by atoms with E-state index in [4.69, 9.17) is 4.42 Å². The Morgan fingerprint density at radius 1 is 1.12 bits per heavy atom. The number of anilines is 1. The number of halogens is 2. The van der Waals surface area contributed by atoms with Crippen LogP contribution in [0.1, 0.15) is 16.1 Å². The number of alkyl halides is 2. The molecular formula is C18H13F2NO4. The van der Waals surface area contributed by atoms with E-state index in [2.05, 4.69) is 10.1 Å². The van der Waals surface area contributed by atoms with Gasteiger partial charge in [0.05, 0.1) is 5.39 Å². The summed E-state index contributed by atoms with van der Waals surface area (Å²) in [6.45, 7) is -1.07. The average molecular weight is 345 g/mol. The lowest BCUT2D eigenvalue weighted by atomic mass is 10.1. The van der Waals surface area contributed by atoms with Gasteiger partial charge in [-0.15, -0.1) is 0 Å². The first-order valence-electron chi connectivity index (χ1n) is 7.33. The van der Waals surface area contributed by atoms with E-state index in [-0.39, 0.29) is 11.5 Å². The van der Waals surface area contributed by atoms with Crippen LogP contribution < -0.4 is 15.7 Å². The summed E-state index contributed by atoms with van der Waals surface area (Å²) < 4.78 is 33.5. The number of hydrogen-bond acceptors (Lipinski definition) is 4. The van der Waals surface area contributed by atoms with Crippen molar-refractivity contribution in [3.8, 4) is 5.75 Å². The van der Waals surface area contributed by atoms with E-state index in [1.807, 2.05) is 13.0 Å². The lowest BCUT2D eigenvalue weighted by molar-refractivity contribution is -0.0498. The van der Waals surface area contributed by atoms with Crippen LogP contribution in [0.2, 0.25) is 0 Å². The first-order valence-corrected chi connectivity index (χ1v) is 7.33. The summed E-state index contributed by atoms with van der Waals surface area (Å²) in [4.78, 5) is 24.3. The normalized spacial score (nSPS) is 10.9. The summed E-state index contributed by atoms with van der Waals surface area (Å²) in [6.07, 6.45) is 0. The zero-order valence-electron chi connectivity index (χ0n) is 13.1. The van der Waals surface area contributed by atoms with Crippen LogP contribution in [-0.2, 0) is 0 Å². The molecule has 0 radical (unpaired) electrons. The maximum Gasteiger partial charge on any atom is 0.387 e. The minimum absolute atomic E-state index is 0.0272. The monoisotopic (exact) mass is 345 g/mol. The molecule has 1 aromatic heterocycles. The van der Waals surface area contributed by atoms with E-state index in [9.17, 15) is 18.4 Å². The lowest BCUT2D eigenvalue weighted by Crippen LogP contribution is -2.15. The van der Waals surface area contributed by atoms with Crippen molar-refractivity contribution in [2.45, 2.75) is 13.5 Å². The van der Waals surface area contributed by atoms with E-state index in [1.165, 1.54) is 30.3 Å². The molecule has 0 fully saturated rings. The van der Waals surface area contributed by atoms with Gasteiger partial charge >= 0.3 is 12.2 Å². The average Bonchev–Trinajstić information content (AvgIpc) is 2.56. The molecule has 5 nitrogen and oxygen atoms in total. The number of carbonyl (C=O) groups is 1. The van der Waals surface area contributed by atoms with Gasteiger partial charge in [0, 0.05) is 5.69 Å². The van der Waals surface area contributed by atoms with Gasteiger partial charge in [-0.25, -0.2) is 4.79 Å². The van der Waals surface area contributed by atoms with Crippen molar-refractivity contribution in [1.82, 2.24) is 0 Å². The Kier molecular flexibility index (Phi) is 4.47. The Morgan fingerprint density at radius 3 is 2.52 bits per heavy atom. The molecule has 0 bridgehead atoms. The van der Waals surface area contributed by atoms with Crippen molar-refractivity contribution < 1.29 is 22.7 Å². The van der Waals surface area contributed by atoms with Crippen LogP contribution in [0.5, 0.6) is 5.75 Å². The minimum Gasteiger partial charge on any atom is -0.435 e. The quantitative estimate of drug-likeness (QED) is 0.777. The smallest absolute Gasteiger partial charge is 0.387 e. The van der Waals surface area contributed by atoms with Gasteiger partial charge in [0.2, 0.25) is 0 Å². The van der Waals surface area contributed by atoms with Crippen molar-refractivity contribution in [1.29, 1.82) is 0 Å². The number of fused-ring (bicyclic) bond motifs is 1. The second kappa shape index (κ2) is 6.72. The molecule has 0 aliphatic carbocycles. The van der Waals surface area contributed by atoms with Gasteiger partial charge in [-0.2, -0.15) is 8.78 Å². The summed E-state index contributed by atoms with van der Waals surface area (Å²) in [6, 6.07) is 12.1. The van der Waals surface area contributed by atoms with Crippen LogP contribution >= 0.6 is 0 Å². The third-order valence-electron chi connectivity index (χ3n) is 3.48. The molecule has 1 N–H and O–H groups in total. The number of ether oxygens (including phenoxy) is 1. The third kappa shape index (κ3) is 3.82. The topological polar surface area (TPSA) is 68.5 Å². The summed E-state index contributed by atoms with van der Waals surface area (Å²) in [5.41, 5.74) is 0.647. The fraction of sp³-hybridized carbons (Fsp3) is 0.111. The molecule has 0 aliphatic rings. The Bertz CT molecular complexity index is 981. The Morgan fingerprint density at radius 2 is 1.84 bits per heavy atom. The first-order chi connectivity index (χ1) is 11.9. The molecule has 1 heterocycles. The number of hydrogen-bond donors (Lipinski definition) is 1. The maximum absolute atomic E-state index is 12.2. The number of rotatable bonds is 4. The Balaban J connectivity index is 1.82. The van der Waals surface area contributed by atoms with Gasteiger partial charge < -0.3 is 14.5 Å². The minimum atomic E-state index is -2.92. The number of amides is 1. The highest BCUT2D eigenvalue weighted by atomic mass is 19.3. The molecule has 128 valence electrons. The molecular weight excluding hydrogens is 332 g/mol. The predicted octanol–water partition coefficient (Wildman–Crippen LogP) is 3.96. The molecule has 0 atom stereocenters. The van der Waals surface area contributed by atoms with Crippen LogP contribution in [0.3, 0.4) is 0 Å². The molecule has 0 saturated heterocycles. The van der Waals surface area contributed by atoms with Crippen LogP contribution in [0.15, 0.2) is 57.7 Å². The number of benzene rings is 2. The van der Waals surface area contributed by atoms with Crippen molar-refractivity contribution in [2.24, 2.45) is 0 Å². The zero-order chi connectivity index (χ0) is 18.0. The molecule has 25 heavy (non-hydrogen) atoms. The van der Waals surface area contributed by atoms with Crippen LogP contribution in [-0.4, -0.2) is 12.5 Å². The van der Waals surface area contributed by atoms with Crippen molar-refractivity contribution >= 4 is 22.4 Å². The van der Waals surface area contributed by atoms with Crippen LogP contribution in [0.25, 0.3) is 10.8 Å². The molecule has 0 saturated carbocycles. The van der Waals surface area contributed by atoms with Crippen molar-refractivity contribution in [2.75, 3.05) is 5.32 Å². The molecule has 3 aromatic rings. The highest BCUT2D eigenvalue weighted by Crippen LogP contribution is 2.19. The SMILES string of the molecule is Cc1ccc2cc(C(=O)Nc3ccc(OC(F)F)cc3)oc(=O)c2c1. The molecule has 1 amide bonds. The largest absolute Gasteiger partial charge is 0.435 e.